The number of amides is 1. The van der Waals surface area contributed by atoms with Gasteiger partial charge in [0, 0.05) is 19.5 Å². The van der Waals surface area contributed by atoms with Crippen LogP contribution in [-0.2, 0) is 14.3 Å². The molecule has 3 atom stereocenters. The predicted octanol–water partition coefficient (Wildman–Crippen LogP) is 1.81. The predicted molar refractivity (Wildman–Crippen MR) is 76.6 cm³/mol. The molecule has 2 fully saturated rings. The molecule has 0 aromatic rings. The van der Waals surface area contributed by atoms with Gasteiger partial charge in [-0.25, -0.2) is 0 Å². The van der Waals surface area contributed by atoms with Crippen LogP contribution in [0.25, 0.3) is 0 Å². The first-order chi connectivity index (χ1) is 10.7. The molecule has 0 aliphatic carbocycles. The number of likely N-dealkylation sites (tertiary alicyclic amines) is 1. The number of ether oxygens (including phenoxy) is 1. The third-order valence-corrected chi connectivity index (χ3v) is 4.45. The molecule has 2 heterocycles. The van der Waals surface area contributed by atoms with E-state index in [9.17, 15) is 22.8 Å². The Morgan fingerprint density at radius 2 is 2.13 bits per heavy atom. The zero-order chi connectivity index (χ0) is 17.2. The average molecular weight is 336 g/mol. The van der Waals surface area contributed by atoms with Gasteiger partial charge in [0.1, 0.15) is 18.7 Å². The monoisotopic (exact) mass is 336 g/mol. The van der Waals surface area contributed by atoms with E-state index < -0.39 is 24.5 Å². The molecular formula is C15H23F3N2O3. The fraction of sp³-hybridized carbons (Fsp3) is 0.867. The van der Waals surface area contributed by atoms with Gasteiger partial charge in [-0.1, -0.05) is 0 Å². The summed E-state index contributed by atoms with van der Waals surface area (Å²) in [6.07, 6.45) is -2.73. The SMILES string of the molecule is CCN(CC(F)(F)F)C(=O)[C@@H]1CCCN([C@@H]2C[C@@H](C)OC2=O)C1. The zero-order valence-corrected chi connectivity index (χ0v) is 13.4. The van der Waals surface area contributed by atoms with Gasteiger partial charge in [-0.3, -0.25) is 14.5 Å². The van der Waals surface area contributed by atoms with E-state index in [0.717, 1.165) is 4.90 Å². The van der Waals surface area contributed by atoms with Gasteiger partial charge in [0.15, 0.2) is 0 Å². The number of halogens is 3. The molecule has 2 aliphatic heterocycles. The van der Waals surface area contributed by atoms with Crippen molar-refractivity contribution in [2.45, 2.75) is 51.4 Å². The summed E-state index contributed by atoms with van der Waals surface area (Å²) in [6, 6.07) is -0.377. The Balaban J connectivity index is 1.99. The molecule has 0 saturated carbocycles. The highest BCUT2D eigenvalue weighted by atomic mass is 19.4. The Kier molecular flexibility index (Phi) is 5.54. The molecule has 0 aromatic heterocycles. The van der Waals surface area contributed by atoms with Crippen LogP contribution < -0.4 is 0 Å². The van der Waals surface area contributed by atoms with Gasteiger partial charge in [-0.05, 0) is 33.2 Å². The van der Waals surface area contributed by atoms with E-state index >= 15 is 0 Å². The van der Waals surface area contributed by atoms with E-state index in [0.29, 0.717) is 32.4 Å². The lowest BCUT2D eigenvalue weighted by Crippen LogP contribution is -2.50. The summed E-state index contributed by atoms with van der Waals surface area (Å²) in [5.74, 6) is -1.27. The van der Waals surface area contributed by atoms with Gasteiger partial charge in [-0.2, -0.15) is 13.2 Å². The fourth-order valence-electron chi connectivity index (χ4n) is 3.34. The molecule has 23 heavy (non-hydrogen) atoms. The molecule has 0 bridgehead atoms. The van der Waals surface area contributed by atoms with E-state index in [-0.39, 0.29) is 24.7 Å². The van der Waals surface area contributed by atoms with Crippen LogP contribution in [-0.4, -0.2) is 66.2 Å². The number of cyclic esters (lactones) is 1. The minimum absolute atomic E-state index is 0.0251. The average Bonchev–Trinajstić information content (AvgIpc) is 2.82. The second-order valence-electron chi connectivity index (χ2n) is 6.30. The number of piperidine rings is 1. The van der Waals surface area contributed by atoms with Gasteiger partial charge >= 0.3 is 12.1 Å². The molecule has 8 heteroatoms. The minimum Gasteiger partial charge on any atom is -0.461 e. The summed E-state index contributed by atoms with van der Waals surface area (Å²) in [4.78, 5) is 27.0. The van der Waals surface area contributed by atoms with Crippen molar-refractivity contribution in [3.8, 4) is 0 Å². The Bertz CT molecular complexity index is 456. The van der Waals surface area contributed by atoms with Crippen LogP contribution in [0.4, 0.5) is 13.2 Å². The van der Waals surface area contributed by atoms with Crippen LogP contribution in [0.15, 0.2) is 0 Å². The normalized spacial score (nSPS) is 29.4. The Morgan fingerprint density at radius 1 is 1.43 bits per heavy atom. The second-order valence-corrected chi connectivity index (χ2v) is 6.30. The summed E-state index contributed by atoms with van der Waals surface area (Å²) in [7, 11) is 0. The molecule has 0 unspecified atom stereocenters. The number of hydrogen-bond acceptors (Lipinski definition) is 4. The molecule has 0 spiro atoms. The van der Waals surface area contributed by atoms with E-state index in [1.165, 1.54) is 0 Å². The summed E-state index contributed by atoms with van der Waals surface area (Å²) >= 11 is 0. The van der Waals surface area contributed by atoms with Crippen LogP contribution in [0.5, 0.6) is 0 Å². The number of carbonyl (C=O) groups excluding carboxylic acids is 2. The maximum Gasteiger partial charge on any atom is 0.406 e. The lowest BCUT2D eigenvalue weighted by Gasteiger charge is -2.36. The van der Waals surface area contributed by atoms with Crippen molar-refractivity contribution in [3.05, 3.63) is 0 Å². The smallest absolute Gasteiger partial charge is 0.406 e. The highest BCUT2D eigenvalue weighted by Crippen LogP contribution is 2.27. The Labute approximate surface area is 133 Å². The zero-order valence-electron chi connectivity index (χ0n) is 13.4. The van der Waals surface area contributed by atoms with Crippen molar-refractivity contribution in [1.82, 2.24) is 9.80 Å². The summed E-state index contributed by atoms with van der Waals surface area (Å²) in [5, 5.41) is 0. The maximum atomic E-state index is 12.6. The quantitative estimate of drug-likeness (QED) is 0.735. The van der Waals surface area contributed by atoms with Crippen molar-refractivity contribution in [2.75, 3.05) is 26.2 Å². The van der Waals surface area contributed by atoms with Crippen LogP contribution >= 0.6 is 0 Å². The third kappa shape index (κ3) is 4.59. The standard InChI is InChI=1S/C15H23F3N2O3/c1-3-19(9-15(16,17)18)13(21)11-5-4-6-20(8-11)12-7-10(2)23-14(12)22/h10-12H,3-9H2,1-2H3/t10-,11-,12-/m1/s1. The summed E-state index contributed by atoms with van der Waals surface area (Å²) < 4.78 is 42.8. The van der Waals surface area contributed by atoms with Gasteiger partial charge in [-0.15, -0.1) is 0 Å². The number of alkyl halides is 3. The first-order valence-corrected chi connectivity index (χ1v) is 8.01. The van der Waals surface area contributed by atoms with Crippen molar-refractivity contribution in [2.24, 2.45) is 5.92 Å². The molecule has 2 rings (SSSR count). The molecule has 5 nitrogen and oxygen atoms in total. The van der Waals surface area contributed by atoms with Crippen LogP contribution in [0.1, 0.15) is 33.1 Å². The minimum atomic E-state index is -4.40. The number of nitrogens with zero attached hydrogens (tertiary/aromatic N) is 2. The molecular weight excluding hydrogens is 313 g/mol. The van der Waals surface area contributed by atoms with Crippen LogP contribution in [0.2, 0.25) is 0 Å². The van der Waals surface area contributed by atoms with Gasteiger partial charge in [0.05, 0.1) is 5.92 Å². The number of rotatable bonds is 4. The first kappa shape index (κ1) is 18.0. The van der Waals surface area contributed by atoms with Gasteiger partial charge in [0.2, 0.25) is 5.91 Å². The topological polar surface area (TPSA) is 49.9 Å². The maximum absolute atomic E-state index is 12.6. The number of carbonyl (C=O) groups is 2. The van der Waals surface area contributed by atoms with Crippen molar-refractivity contribution >= 4 is 11.9 Å². The Hall–Kier alpha value is -1.31. The highest BCUT2D eigenvalue weighted by molar-refractivity contribution is 5.80. The summed E-state index contributed by atoms with van der Waals surface area (Å²) in [5.41, 5.74) is 0. The first-order valence-electron chi connectivity index (χ1n) is 8.01. The van der Waals surface area contributed by atoms with E-state index in [1.54, 1.807) is 6.92 Å². The van der Waals surface area contributed by atoms with E-state index in [2.05, 4.69) is 0 Å². The van der Waals surface area contributed by atoms with Gasteiger partial charge in [0.25, 0.3) is 0 Å². The fourth-order valence-corrected chi connectivity index (χ4v) is 3.34. The van der Waals surface area contributed by atoms with E-state index in [1.807, 2.05) is 11.8 Å². The molecule has 0 aromatic carbocycles. The molecule has 132 valence electrons. The largest absolute Gasteiger partial charge is 0.461 e. The van der Waals surface area contributed by atoms with Crippen molar-refractivity contribution in [3.63, 3.8) is 0 Å². The van der Waals surface area contributed by atoms with Crippen molar-refractivity contribution in [1.29, 1.82) is 0 Å². The van der Waals surface area contributed by atoms with E-state index in [4.69, 9.17) is 4.74 Å². The number of hydrogen-bond donors (Lipinski definition) is 0. The molecule has 2 saturated heterocycles. The van der Waals surface area contributed by atoms with Crippen molar-refractivity contribution < 1.29 is 27.5 Å². The summed E-state index contributed by atoms with van der Waals surface area (Å²) in [6.45, 7) is 3.15. The lowest BCUT2D eigenvalue weighted by atomic mass is 9.94. The van der Waals surface area contributed by atoms with Crippen LogP contribution in [0.3, 0.4) is 0 Å². The second kappa shape index (κ2) is 7.07. The lowest BCUT2D eigenvalue weighted by molar-refractivity contribution is -0.164. The Morgan fingerprint density at radius 3 is 2.65 bits per heavy atom. The highest BCUT2D eigenvalue weighted by Gasteiger charge is 2.41. The third-order valence-electron chi connectivity index (χ3n) is 4.45. The van der Waals surface area contributed by atoms with Crippen LogP contribution in [0, 0.1) is 5.92 Å². The molecule has 0 radical (unpaired) electrons. The molecule has 0 N–H and O–H groups in total. The van der Waals surface area contributed by atoms with Gasteiger partial charge < -0.3 is 9.64 Å². The molecule has 1 amide bonds. The number of esters is 1. The molecule has 2 aliphatic rings.